The first-order chi connectivity index (χ1) is 21.1. The predicted octanol–water partition coefficient (Wildman–Crippen LogP) is 5.48. The number of nitrogens with zero attached hydrogens (tertiary/aromatic N) is 2. The molecule has 2 amide bonds. The first-order valence-electron chi connectivity index (χ1n) is 14.5. The number of nitrogens with one attached hydrogen (secondary N) is 1. The Bertz CT molecular complexity index is 1530. The van der Waals surface area contributed by atoms with Crippen molar-refractivity contribution in [2.24, 2.45) is 0 Å². The molecule has 0 fully saturated rings. The van der Waals surface area contributed by atoms with Gasteiger partial charge in [0.25, 0.3) is 0 Å². The largest absolute Gasteiger partial charge is 0.486 e. The second kappa shape index (κ2) is 15.5. The van der Waals surface area contributed by atoms with Crippen molar-refractivity contribution in [2.75, 3.05) is 36.9 Å². The number of sulfonamides is 1. The van der Waals surface area contributed by atoms with Crippen molar-refractivity contribution in [1.29, 1.82) is 0 Å². The van der Waals surface area contributed by atoms with Crippen molar-refractivity contribution >= 4 is 50.7 Å². The van der Waals surface area contributed by atoms with E-state index in [0.29, 0.717) is 52.6 Å². The van der Waals surface area contributed by atoms with Gasteiger partial charge in [-0.25, -0.2) is 8.42 Å². The molecule has 1 aliphatic heterocycles. The predicted molar refractivity (Wildman–Crippen MR) is 173 cm³/mol. The zero-order valence-electron chi connectivity index (χ0n) is 24.8. The van der Waals surface area contributed by atoms with Crippen LogP contribution in [0.5, 0.6) is 11.5 Å². The van der Waals surface area contributed by atoms with E-state index in [4.69, 9.17) is 32.7 Å². The topological polar surface area (TPSA) is 105 Å². The zero-order chi connectivity index (χ0) is 31.7. The van der Waals surface area contributed by atoms with Gasteiger partial charge < -0.3 is 19.7 Å². The Morgan fingerprint density at radius 3 is 2.30 bits per heavy atom. The van der Waals surface area contributed by atoms with Gasteiger partial charge in [0, 0.05) is 54.2 Å². The van der Waals surface area contributed by atoms with Crippen molar-refractivity contribution in [1.82, 2.24) is 10.2 Å². The minimum Gasteiger partial charge on any atom is -0.486 e. The van der Waals surface area contributed by atoms with E-state index in [9.17, 15) is 18.0 Å². The fraction of sp³-hybridized carbons (Fsp3) is 0.375. The van der Waals surface area contributed by atoms with Crippen LogP contribution in [0.25, 0.3) is 0 Å². The lowest BCUT2D eigenvalue weighted by molar-refractivity contribution is -0.141. The maximum Gasteiger partial charge on any atom is 0.243 e. The summed E-state index contributed by atoms with van der Waals surface area (Å²) in [6.45, 7) is 3.24. The summed E-state index contributed by atoms with van der Waals surface area (Å²) in [4.78, 5) is 29.0. The van der Waals surface area contributed by atoms with Gasteiger partial charge in [-0.3, -0.25) is 13.9 Å². The molecular weight excluding hydrogens is 625 g/mol. The van der Waals surface area contributed by atoms with Gasteiger partial charge in [-0.15, -0.1) is 0 Å². The van der Waals surface area contributed by atoms with E-state index in [2.05, 4.69) is 5.32 Å². The van der Waals surface area contributed by atoms with Gasteiger partial charge in [-0.05, 0) is 42.7 Å². The van der Waals surface area contributed by atoms with E-state index in [1.165, 1.54) is 9.21 Å². The lowest BCUT2D eigenvalue weighted by atomic mass is 10.0. The van der Waals surface area contributed by atoms with E-state index < -0.39 is 16.1 Å². The van der Waals surface area contributed by atoms with E-state index in [-0.39, 0.29) is 44.2 Å². The van der Waals surface area contributed by atoms with Gasteiger partial charge in [-0.2, -0.15) is 0 Å². The highest BCUT2D eigenvalue weighted by atomic mass is 35.5. The molecule has 3 aromatic rings. The van der Waals surface area contributed by atoms with Crippen molar-refractivity contribution in [3.63, 3.8) is 0 Å². The van der Waals surface area contributed by atoms with Gasteiger partial charge in [0.15, 0.2) is 11.5 Å². The zero-order valence-corrected chi connectivity index (χ0v) is 27.1. The van der Waals surface area contributed by atoms with Crippen LogP contribution in [0, 0.1) is 0 Å². The summed E-state index contributed by atoms with van der Waals surface area (Å²) in [6, 6.07) is 18.6. The summed E-state index contributed by atoms with van der Waals surface area (Å²) in [6.07, 6.45) is 2.30. The Morgan fingerprint density at radius 1 is 0.955 bits per heavy atom. The van der Waals surface area contributed by atoms with Gasteiger partial charge in [0.1, 0.15) is 19.3 Å². The van der Waals surface area contributed by atoms with E-state index in [1.54, 1.807) is 36.4 Å². The third-order valence-corrected chi connectivity index (χ3v) is 9.08. The average Bonchev–Trinajstić information content (AvgIpc) is 3.00. The van der Waals surface area contributed by atoms with E-state index in [0.717, 1.165) is 18.2 Å². The Hall–Kier alpha value is -3.47. The number of carbonyl (C=O) groups excluding carboxylic acids is 2. The molecule has 4 rings (SSSR count). The quantitative estimate of drug-likeness (QED) is 0.245. The fourth-order valence-electron chi connectivity index (χ4n) is 4.96. The lowest BCUT2D eigenvalue weighted by Crippen LogP contribution is -2.50. The van der Waals surface area contributed by atoms with Crippen LogP contribution in [0.3, 0.4) is 0 Å². The Balaban J connectivity index is 1.60. The van der Waals surface area contributed by atoms with Crippen molar-refractivity contribution < 1.29 is 27.5 Å². The van der Waals surface area contributed by atoms with Crippen molar-refractivity contribution in [3.8, 4) is 11.5 Å². The summed E-state index contributed by atoms with van der Waals surface area (Å²) in [7, 11) is -3.69. The van der Waals surface area contributed by atoms with Gasteiger partial charge in [0.05, 0.1) is 11.9 Å². The standard InChI is InChI=1S/C32H37Cl2N3O6S/c1-3-16-35-32(39)28(20-23-9-5-4-6-10-23)36(22-25-26(33)11-7-12-27(25)34)31(38)13-8-17-37(44(2,40)41)24-14-15-29-30(21-24)43-19-18-42-29/h4-7,9-12,14-15,21,28H,3,8,13,16-20,22H2,1-2H3,(H,35,39)/t28-/m0/s1. The van der Waals surface area contributed by atoms with Gasteiger partial charge in [0.2, 0.25) is 21.8 Å². The number of hydrogen-bond donors (Lipinski definition) is 1. The monoisotopic (exact) mass is 661 g/mol. The first-order valence-corrected chi connectivity index (χ1v) is 17.1. The molecule has 0 bridgehead atoms. The molecule has 1 N–H and O–H groups in total. The van der Waals surface area contributed by atoms with Crippen molar-refractivity contribution in [2.45, 2.75) is 45.2 Å². The minimum absolute atomic E-state index is 0.00629. The molecule has 0 spiro atoms. The Morgan fingerprint density at radius 2 is 1.64 bits per heavy atom. The highest BCUT2D eigenvalue weighted by Gasteiger charge is 2.31. The van der Waals surface area contributed by atoms with Crippen LogP contribution in [0.2, 0.25) is 10.0 Å². The number of fused-ring (bicyclic) bond motifs is 1. The minimum atomic E-state index is -3.69. The summed E-state index contributed by atoms with van der Waals surface area (Å²) >= 11 is 13.0. The first kappa shape index (κ1) is 33.4. The van der Waals surface area contributed by atoms with Crippen LogP contribution >= 0.6 is 23.2 Å². The highest BCUT2D eigenvalue weighted by molar-refractivity contribution is 7.92. The van der Waals surface area contributed by atoms with E-state index in [1.807, 2.05) is 37.3 Å². The number of carbonyl (C=O) groups is 2. The van der Waals surface area contributed by atoms with Gasteiger partial charge >= 0.3 is 0 Å². The SMILES string of the molecule is CCCNC(=O)[C@H](Cc1ccccc1)N(Cc1c(Cl)cccc1Cl)C(=O)CCCN(c1ccc2c(c1)OCCO2)S(C)(=O)=O. The summed E-state index contributed by atoms with van der Waals surface area (Å²) in [5.41, 5.74) is 1.82. The maximum atomic E-state index is 14.0. The average molecular weight is 663 g/mol. The summed E-state index contributed by atoms with van der Waals surface area (Å²) in [5.74, 6) is 0.386. The molecule has 0 saturated heterocycles. The molecule has 0 radical (unpaired) electrons. The third kappa shape index (κ3) is 8.80. The normalized spacial score (nSPS) is 13.2. The molecule has 3 aromatic carbocycles. The van der Waals surface area contributed by atoms with Crippen LogP contribution in [0.4, 0.5) is 5.69 Å². The Kier molecular flexibility index (Phi) is 11.8. The molecule has 44 heavy (non-hydrogen) atoms. The second-order valence-electron chi connectivity index (χ2n) is 10.5. The number of hydrogen-bond acceptors (Lipinski definition) is 6. The molecule has 0 aromatic heterocycles. The number of anilines is 1. The number of ether oxygens (including phenoxy) is 2. The molecule has 9 nitrogen and oxygen atoms in total. The van der Waals surface area contributed by atoms with Crippen LogP contribution in [-0.4, -0.2) is 63.7 Å². The third-order valence-electron chi connectivity index (χ3n) is 7.18. The maximum absolute atomic E-state index is 14.0. The molecule has 0 aliphatic carbocycles. The summed E-state index contributed by atoms with van der Waals surface area (Å²) < 4.78 is 38.0. The van der Waals surface area contributed by atoms with Crippen LogP contribution < -0.4 is 19.1 Å². The van der Waals surface area contributed by atoms with Crippen LogP contribution in [-0.2, 0) is 32.6 Å². The highest BCUT2D eigenvalue weighted by Crippen LogP contribution is 2.35. The fourth-order valence-corrected chi connectivity index (χ4v) is 6.44. The lowest BCUT2D eigenvalue weighted by Gasteiger charge is -2.32. The number of rotatable bonds is 14. The molecule has 1 aliphatic rings. The number of benzene rings is 3. The van der Waals surface area contributed by atoms with Crippen LogP contribution in [0.1, 0.15) is 37.3 Å². The second-order valence-corrected chi connectivity index (χ2v) is 13.2. The van der Waals surface area contributed by atoms with E-state index >= 15 is 0 Å². The molecule has 0 saturated carbocycles. The molecule has 236 valence electrons. The van der Waals surface area contributed by atoms with Gasteiger partial charge in [-0.1, -0.05) is 66.5 Å². The smallest absolute Gasteiger partial charge is 0.243 e. The molecular formula is C32H37Cl2N3O6S. The molecule has 1 atom stereocenters. The number of halogens is 2. The summed E-state index contributed by atoms with van der Waals surface area (Å²) in [5, 5.41) is 3.69. The molecule has 0 unspecified atom stereocenters. The molecule has 1 heterocycles. The van der Waals surface area contributed by atoms with Crippen LogP contribution in [0.15, 0.2) is 66.7 Å². The number of amides is 2. The Labute approximate surface area is 269 Å². The molecule has 12 heteroatoms. The van der Waals surface area contributed by atoms with Crippen molar-refractivity contribution in [3.05, 3.63) is 87.9 Å².